The maximum Gasteiger partial charge on any atom is 0.242 e. The first kappa shape index (κ1) is 26.7. The molecule has 0 aromatic heterocycles. The Balaban J connectivity index is 1.66. The zero-order chi connectivity index (χ0) is 25.8. The molecule has 1 atom stereocenters. The summed E-state index contributed by atoms with van der Waals surface area (Å²) < 4.78 is 51.3. The molecule has 0 fully saturated rings. The van der Waals surface area contributed by atoms with Crippen molar-refractivity contribution in [3.8, 4) is 0 Å². The molecule has 3 aromatic carbocycles. The highest BCUT2D eigenvalue weighted by molar-refractivity contribution is 7.92. The van der Waals surface area contributed by atoms with Gasteiger partial charge in [-0.2, -0.15) is 0 Å². The van der Waals surface area contributed by atoms with Crippen molar-refractivity contribution in [3.05, 3.63) is 72.3 Å². The van der Waals surface area contributed by atoms with Crippen LogP contribution in [0.15, 0.2) is 71.6 Å². The van der Waals surface area contributed by atoms with Crippen molar-refractivity contribution in [3.63, 3.8) is 0 Å². The Labute approximate surface area is 207 Å². The van der Waals surface area contributed by atoms with Gasteiger partial charge in [0.25, 0.3) is 0 Å². The van der Waals surface area contributed by atoms with E-state index in [9.17, 15) is 21.6 Å². The van der Waals surface area contributed by atoms with Crippen LogP contribution in [0.25, 0.3) is 10.8 Å². The lowest BCUT2D eigenvalue weighted by molar-refractivity contribution is -0.119. The predicted molar refractivity (Wildman–Crippen MR) is 139 cm³/mol. The number of carbonyl (C=O) groups is 1. The van der Waals surface area contributed by atoms with Gasteiger partial charge < -0.3 is 5.32 Å². The van der Waals surface area contributed by atoms with Crippen molar-refractivity contribution < 1.29 is 21.6 Å². The van der Waals surface area contributed by atoms with E-state index in [1.165, 1.54) is 49.3 Å². The van der Waals surface area contributed by atoms with Crippen LogP contribution in [-0.4, -0.2) is 60.5 Å². The van der Waals surface area contributed by atoms with Gasteiger partial charge in [-0.15, -0.1) is 0 Å². The number of benzene rings is 3. The standard InChI is InChI=1S/C25H31N3O5S2/c1-19(16-21-10-7-9-20-8-5-6-11-24(20)21)17-26-25(29)18-28(34(4,30)31)22-12-14-23(15-13-22)35(32,33)27(2)3/h5-15,19H,16-18H2,1-4H3,(H,26,29). The Morgan fingerprint density at radius 2 is 1.54 bits per heavy atom. The third kappa shape index (κ3) is 6.59. The first-order valence-corrected chi connectivity index (χ1v) is 14.4. The van der Waals surface area contributed by atoms with E-state index in [2.05, 4.69) is 29.6 Å². The van der Waals surface area contributed by atoms with Gasteiger partial charge in [-0.3, -0.25) is 9.10 Å². The zero-order valence-corrected chi connectivity index (χ0v) is 21.9. The molecule has 10 heteroatoms. The van der Waals surface area contributed by atoms with Gasteiger partial charge in [0.05, 0.1) is 16.8 Å². The number of nitrogens with zero attached hydrogens (tertiary/aromatic N) is 2. The van der Waals surface area contributed by atoms with E-state index in [-0.39, 0.29) is 16.5 Å². The third-order valence-corrected chi connectivity index (χ3v) is 8.66. The van der Waals surface area contributed by atoms with E-state index in [0.29, 0.717) is 6.54 Å². The molecule has 35 heavy (non-hydrogen) atoms. The van der Waals surface area contributed by atoms with Crippen LogP contribution in [0.5, 0.6) is 0 Å². The number of nitrogens with one attached hydrogen (secondary N) is 1. The summed E-state index contributed by atoms with van der Waals surface area (Å²) >= 11 is 0. The predicted octanol–water partition coefficient (Wildman–Crippen LogP) is 2.85. The number of sulfonamides is 2. The van der Waals surface area contributed by atoms with Crippen LogP contribution in [0.3, 0.4) is 0 Å². The highest BCUT2D eigenvalue weighted by Crippen LogP contribution is 2.23. The molecule has 0 aliphatic heterocycles. The lowest BCUT2D eigenvalue weighted by atomic mass is 9.96. The average molecular weight is 518 g/mol. The van der Waals surface area contributed by atoms with Crippen LogP contribution in [0.2, 0.25) is 0 Å². The topological polar surface area (TPSA) is 104 Å². The third-order valence-electron chi connectivity index (χ3n) is 5.69. The molecular formula is C25H31N3O5S2. The van der Waals surface area contributed by atoms with E-state index in [4.69, 9.17) is 0 Å². The van der Waals surface area contributed by atoms with Crippen molar-refractivity contribution >= 4 is 42.4 Å². The van der Waals surface area contributed by atoms with Crippen molar-refractivity contribution in [1.82, 2.24) is 9.62 Å². The fraction of sp³-hybridized carbons (Fsp3) is 0.320. The normalized spacial score (nSPS) is 13.1. The summed E-state index contributed by atoms with van der Waals surface area (Å²) in [5.41, 5.74) is 1.40. The number of carbonyl (C=O) groups excluding carboxylic acids is 1. The number of rotatable bonds is 10. The molecule has 0 radical (unpaired) electrons. The maximum atomic E-state index is 12.6. The largest absolute Gasteiger partial charge is 0.354 e. The Bertz CT molecular complexity index is 1400. The highest BCUT2D eigenvalue weighted by atomic mass is 32.2. The quantitative estimate of drug-likeness (QED) is 0.445. The van der Waals surface area contributed by atoms with E-state index in [1.54, 1.807) is 0 Å². The van der Waals surface area contributed by atoms with Gasteiger partial charge in [0.2, 0.25) is 26.0 Å². The maximum absolute atomic E-state index is 12.6. The van der Waals surface area contributed by atoms with Crippen LogP contribution in [0.4, 0.5) is 5.69 Å². The van der Waals surface area contributed by atoms with Crippen molar-refractivity contribution in [2.24, 2.45) is 5.92 Å². The molecule has 1 amide bonds. The molecule has 1 unspecified atom stereocenters. The molecule has 3 rings (SSSR count). The fourth-order valence-corrected chi connectivity index (χ4v) is 5.55. The second-order valence-electron chi connectivity index (χ2n) is 8.80. The van der Waals surface area contributed by atoms with E-state index < -0.39 is 32.5 Å². The summed E-state index contributed by atoms with van der Waals surface area (Å²) in [5.74, 6) is -0.308. The minimum absolute atomic E-state index is 0.0337. The molecule has 0 saturated heterocycles. The van der Waals surface area contributed by atoms with Gasteiger partial charge in [-0.25, -0.2) is 21.1 Å². The summed E-state index contributed by atoms with van der Waals surface area (Å²) in [6.45, 7) is 2.01. The summed E-state index contributed by atoms with van der Waals surface area (Å²) in [6, 6.07) is 19.7. The Morgan fingerprint density at radius 1 is 0.914 bits per heavy atom. The van der Waals surface area contributed by atoms with E-state index in [0.717, 1.165) is 26.7 Å². The van der Waals surface area contributed by atoms with E-state index in [1.807, 2.05) is 25.1 Å². The number of hydrogen-bond acceptors (Lipinski definition) is 5. The lowest BCUT2D eigenvalue weighted by Crippen LogP contribution is -2.41. The molecule has 0 aliphatic rings. The van der Waals surface area contributed by atoms with Gasteiger partial charge in [0, 0.05) is 20.6 Å². The zero-order valence-electron chi connectivity index (χ0n) is 20.3. The molecule has 0 aliphatic carbocycles. The first-order valence-electron chi connectivity index (χ1n) is 11.1. The van der Waals surface area contributed by atoms with Crippen LogP contribution >= 0.6 is 0 Å². The lowest BCUT2D eigenvalue weighted by Gasteiger charge is -2.23. The molecular weight excluding hydrogens is 486 g/mol. The molecule has 0 spiro atoms. The number of fused-ring (bicyclic) bond motifs is 1. The summed E-state index contributed by atoms with van der Waals surface area (Å²) in [7, 11) is -4.60. The molecule has 8 nitrogen and oxygen atoms in total. The van der Waals surface area contributed by atoms with E-state index >= 15 is 0 Å². The Kier molecular flexibility index (Phi) is 8.19. The average Bonchev–Trinajstić information content (AvgIpc) is 2.81. The summed E-state index contributed by atoms with van der Waals surface area (Å²) in [5, 5.41) is 5.16. The van der Waals surface area contributed by atoms with Crippen LogP contribution in [-0.2, 0) is 31.3 Å². The Hall–Kier alpha value is -2.95. The number of amides is 1. The van der Waals surface area contributed by atoms with Gasteiger partial charge >= 0.3 is 0 Å². The van der Waals surface area contributed by atoms with Crippen molar-refractivity contribution in [2.75, 3.05) is 37.7 Å². The molecule has 3 aromatic rings. The minimum atomic E-state index is -3.78. The van der Waals surface area contributed by atoms with Gasteiger partial charge in [-0.1, -0.05) is 49.4 Å². The second-order valence-corrected chi connectivity index (χ2v) is 12.9. The monoisotopic (exact) mass is 517 g/mol. The van der Waals surface area contributed by atoms with Crippen LogP contribution in [0, 0.1) is 5.92 Å². The van der Waals surface area contributed by atoms with Crippen molar-refractivity contribution in [2.45, 2.75) is 18.2 Å². The molecule has 0 bridgehead atoms. The number of hydrogen-bond donors (Lipinski definition) is 1. The van der Waals surface area contributed by atoms with Gasteiger partial charge in [0.1, 0.15) is 6.54 Å². The summed E-state index contributed by atoms with van der Waals surface area (Å²) in [6.07, 6.45) is 1.77. The molecule has 1 N–H and O–H groups in total. The Morgan fingerprint density at radius 3 is 2.17 bits per heavy atom. The highest BCUT2D eigenvalue weighted by Gasteiger charge is 2.23. The molecule has 0 saturated carbocycles. The minimum Gasteiger partial charge on any atom is -0.354 e. The molecule has 0 heterocycles. The number of anilines is 1. The smallest absolute Gasteiger partial charge is 0.242 e. The van der Waals surface area contributed by atoms with Crippen LogP contribution < -0.4 is 9.62 Å². The van der Waals surface area contributed by atoms with Crippen LogP contribution in [0.1, 0.15) is 12.5 Å². The van der Waals surface area contributed by atoms with Crippen molar-refractivity contribution in [1.29, 1.82) is 0 Å². The first-order chi connectivity index (χ1) is 16.4. The summed E-state index contributed by atoms with van der Waals surface area (Å²) in [4.78, 5) is 12.7. The fourth-order valence-electron chi connectivity index (χ4n) is 3.79. The molecule has 188 valence electrons. The van der Waals surface area contributed by atoms with Gasteiger partial charge in [0.15, 0.2) is 0 Å². The SMILES string of the molecule is CC(CNC(=O)CN(c1ccc(S(=O)(=O)N(C)C)cc1)S(C)(=O)=O)Cc1cccc2ccccc12. The van der Waals surface area contributed by atoms with Gasteiger partial charge in [-0.05, 0) is 52.9 Å². The second kappa shape index (κ2) is 10.8.